The molecule has 1 saturated heterocycles. The second-order valence-electron chi connectivity index (χ2n) is 6.87. The molecular weight excluding hydrogens is 405 g/mol. The van der Waals surface area contributed by atoms with Gasteiger partial charge in [0.05, 0.1) is 30.2 Å². The maximum atomic E-state index is 14.8. The average molecular weight is 427 g/mol. The lowest BCUT2D eigenvalue weighted by Crippen LogP contribution is -2.33. The molecule has 1 atom stereocenters. The maximum Gasteiger partial charge on any atom is 0.414 e. The van der Waals surface area contributed by atoms with Gasteiger partial charge >= 0.3 is 6.09 Å². The first kappa shape index (κ1) is 21.7. The summed E-state index contributed by atoms with van der Waals surface area (Å²) in [5.74, 6) is -1.05. The number of rotatable bonds is 6. The van der Waals surface area contributed by atoms with Gasteiger partial charge in [0.2, 0.25) is 11.9 Å². The van der Waals surface area contributed by atoms with Crippen LogP contribution in [0.1, 0.15) is 19.4 Å². The number of nitrogens with zero attached hydrogens (tertiary/aromatic N) is 3. The van der Waals surface area contributed by atoms with Crippen molar-refractivity contribution in [2.75, 3.05) is 18.0 Å². The number of carbonyl (C=O) groups excluding carboxylic acids is 2. The molecule has 1 unspecified atom stereocenters. The summed E-state index contributed by atoms with van der Waals surface area (Å²) in [7, 11) is 0. The Labute approximate surface area is 177 Å². The van der Waals surface area contributed by atoms with Crippen LogP contribution in [0.5, 0.6) is 0 Å². The Kier molecular flexibility index (Phi) is 6.43. The van der Waals surface area contributed by atoms with E-state index >= 15 is 0 Å². The number of hydrazone groups is 1. The molecule has 1 aromatic heterocycles. The van der Waals surface area contributed by atoms with Crippen LogP contribution in [0.2, 0.25) is 0 Å². The van der Waals surface area contributed by atoms with Gasteiger partial charge in [-0.1, -0.05) is 0 Å². The number of benzene rings is 1. The topological polar surface area (TPSA) is 146 Å². The van der Waals surface area contributed by atoms with E-state index < -0.39 is 18.0 Å². The Morgan fingerprint density at radius 3 is 2.77 bits per heavy atom. The fourth-order valence-corrected chi connectivity index (χ4v) is 2.95. The zero-order valence-corrected chi connectivity index (χ0v) is 17.0. The Morgan fingerprint density at radius 2 is 2.16 bits per heavy atom. The lowest BCUT2D eigenvalue weighted by molar-refractivity contribution is -0.119. The molecule has 2 amide bonds. The van der Waals surface area contributed by atoms with Crippen LogP contribution in [0.3, 0.4) is 0 Å². The molecule has 1 aliphatic heterocycles. The number of anilines is 1. The summed E-state index contributed by atoms with van der Waals surface area (Å²) >= 11 is 0. The van der Waals surface area contributed by atoms with Crippen LogP contribution in [0, 0.1) is 11.2 Å². The van der Waals surface area contributed by atoms with Crippen molar-refractivity contribution in [2.24, 2.45) is 10.8 Å². The quantitative estimate of drug-likeness (QED) is 0.313. The standard InChI is InChI=1S/C20H22FN7O3/c1-11(26-27-19(22)23)13-3-6-18(25-8-13)16-5-4-14(7-17(16)21)28-10-15(31-20(28)30)9-24-12(2)29/h3-8,15H,9-10H2,1-2H3,(H,24,29)(H4,22,23,27). The molecular formula is C20H22FN7O3. The maximum absolute atomic E-state index is 14.8. The van der Waals surface area contributed by atoms with Gasteiger partial charge in [-0.25, -0.2) is 14.6 Å². The van der Waals surface area contributed by atoms with Gasteiger partial charge in [-0.15, -0.1) is 0 Å². The number of halogens is 1. The number of nitrogens with one attached hydrogen (secondary N) is 3. The molecule has 1 aromatic carbocycles. The molecule has 1 fully saturated rings. The fraction of sp³-hybridized carbons (Fsp3) is 0.250. The zero-order chi connectivity index (χ0) is 22.5. The highest BCUT2D eigenvalue weighted by molar-refractivity contribution is 5.99. The number of hydrogen-bond donors (Lipinski definition) is 4. The van der Waals surface area contributed by atoms with Gasteiger partial charge in [0.15, 0.2) is 0 Å². The summed E-state index contributed by atoms with van der Waals surface area (Å²) in [4.78, 5) is 28.7. The van der Waals surface area contributed by atoms with E-state index in [1.54, 1.807) is 31.2 Å². The summed E-state index contributed by atoms with van der Waals surface area (Å²) in [5, 5.41) is 13.6. The minimum Gasteiger partial charge on any atom is -0.442 e. The molecule has 162 valence electrons. The summed E-state index contributed by atoms with van der Waals surface area (Å²) in [6, 6.07) is 7.77. The number of ether oxygens (including phenoxy) is 1. The highest BCUT2D eigenvalue weighted by Crippen LogP contribution is 2.28. The monoisotopic (exact) mass is 427 g/mol. The predicted octanol–water partition coefficient (Wildman–Crippen LogP) is 1.56. The Bertz CT molecular complexity index is 1040. The minimum atomic E-state index is -0.598. The van der Waals surface area contributed by atoms with Gasteiger partial charge in [-0.3, -0.25) is 20.1 Å². The van der Waals surface area contributed by atoms with Gasteiger partial charge in [-0.05, 0) is 37.3 Å². The molecule has 0 bridgehead atoms. The van der Waals surface area contributed by atoms with Crippen LogP contribution in [-0.2, 0) is 9.53 Å². The molecule has 0 saturated carbocycles. The van der Waals surface area contributed by atoms with Crippen LogP contribution >= 0.6 is 0 Å². The number of amides is 2. The number of aromatic nitrogens is 1. The summed E-state index contributed by atoms with van der Waals surface area (Å²) in [6.07, 6.45) is 0.433. The van der Waals surface area contributed by atoms with Gasteiger partial charge in [0.1, 0.15) is 11.9 Å². The summed E-state index contributed by atoms with van der Waals surface area (Å²) in [6.45, 7) is 3.49. The molecule has 5 N–H and O–H groups in total. The van der Waals surface area contributed by atoms with E-state index in [4.69, 9.17) is 15.9 Å². The molecule has 2 heterocycles. The van der Waals surface area contributed by atoms with Crippen molar-refractivity contribution in [1.29, 1.82) is 5.41 Å². The molecule has 2 aromatic rings. The molecule has 11 heteroatoms. The first-order valence-electron chi connectivity index (χ1n) is 9.38. The number of pyridine rings is 1. The summed E-state index contributed by atoms with van der Waals surface area (Å²) < 4.78 is 20.0. The van der Waals surface area contributed by atoms with Crippen molar-refractivity contribution in [3.05, 3.63) is 47.9 Å². The fourth-order valence-electron chi connectivity index (χ4n) is 2.95. The molecule has 31 heavy (non-hydrogen) atoms. The Balaban J connectivity index is 1.74. The highest BCUT2D eigenvalue weighted by Gasteiger charge is 2.32. The normalized spacial score (nSPS) is 16.1. The lowest BCUT2D eigenvalue weighted by Gasteiger charge is -2.14. The molecule has 1 aliphatic rings. The molecule has 0 spiro atoms. The largest absolute Gasteiger partial charge is 0.442 e. The molecule has 3 rings (SSSR count). The van der Waals surface area contributed by atoms with E-state index in [0.717, 1.165) is 0 Å². The predicted molar refractivity (Wildman–Crippen MR) is 113 cm³/mol. The third kappa shape index (κ3) is 5.32. The van der Waals surface area contributed by atoms with Crippen LogP contribution in [0.25, 0.3) is 11.3 Å². The SMILES string of the molecule is CC(=O)NCC1CN(c2ccc(-c3ccc(C(C)=NNC(=N)N)cn3)c(F)c2)C(=O)O1. The third-order valence-corrected chi connectivity index (χ3v) is 4.52. The van der Waals surface area contributed by atoms with Gasteiger partial charge in [0.25, 0.3) is 0 Å². The number of carbonyl (C=O) groups is 2. The Morgan fingerprint density at radius 1 is 1.39 bits per heavy atom. The van der Waals surface area contributed by atoms with Crippen molar-refractivity contribution in [2.45, 2.75) is 20.0 Å². The van der Waals surface area contributed by atoms with E-state index in [9.17, 15) is 14.0 Å². The van der Waals surface area contributed by atoms with Crippen LogP contribution in [-0.4, -0.2) is 47.8 Å². The number of hydrogen-bond acceptors (Lipinski definition) is 6. The van der Waals surface area contributed by atoms with E-state index in [2.05, 4.69) is 20.8 Å². The minimum absolute atomic E-state index is 0.194. The second kappa shape index (κ2) is 9.20. The first-order valence-corrected chi connectivity index (χ1v) is 9.38. The third-order valence-electron chi connectivity index (χ3n) is 4.52. The second-order valence-corrected chi connectivity index (χ2v) is 6.87. The first-order chi connectivity index (χ1) is 14.7. The van der Waals surface area contributed by atoms with Crippen molar-refractivity contribution in [1.82, 2.24) is 15.7 Å². The summed E-state index contributed by atoms with van der Waals surface area (Å²) in [5.41, 5.74) is 9.82. The zero-order valence-electron chi connectivity index (χ0n) is 17.0. The van der Waals surface area contributed by atoms with E-state index in [1.165, 1.54) is 24.1 Å². The van der Waals surface area contributed by atoms with E-state index in [1.807, 2.05) is 0 Å². The van der Waals surface area contributed by atoms with Crippen molar-refractivity contribution in [3.8, 4) is 11.3 Å². The van der Waals surface area contributed by atoms with Gasteiger partial charge in [-0.2, -0.15) is 5.10 Å². The van der Waals surface area contributed by atoms with Gasteiger partial charge < -0.3 is 15.8 Å². The van der Waals surface area contributed by atoms with Crippen LogP contribution in [0.15, 0.2) is 41.6 Å². The van der Waals surface area contributed by atoms with Crippen molar-refractivity contribution < 1.29 is 18.7 Å². The van der Waals surface area contributed by atoms with Crippen LogP contribution < -0.4 is 21.4 Å². The van der Waals surface area contributed by atoms with Gasteiger partial charge in [0, 0.05) is 24.2 Å². The number of guanidine groups is 1. The van der Waals surface area contributed by atoms with Crippen molar-refractivity contribution in [3.63, 3.8) is 0 Å². The molecule has 0 radical (unpaired) electrons. The smallest absolute Gasteiger partial charge is 0.414 e. The average Bonchev–Trinajstić information content (AvgIpc) is 3.11. The van der Waals surface area contributed by atoms with Crippen molar-refractivity contribution >= 4 is 29.4 Å². The number of nitrogens with two attached hydrogens (primary N) is 1. The lowest BCUT2D eigenvalue weighted by atomic mass is 10.1. The van der Waals surface area contributed by atoms with E-state index in [0.29, 0.717) is 22.7 Å². The van der Waals surface area contributed by atoms with Crippen LogP contribution in [0.4, 0.5) is 14.9 Å². The number of cyclic esters (lactones) is 1. The Hall–Kier alpha value is -4.02. The molecule has 0 aliphatic carbocycles. The van der Waals surface area contributed by atoms with E-state index in [-0.39, 0.29) is 30.5 Å². The highest BCUT2D eigenvalue weighted by atomic mass is 19.1. The molecule has 10 nitrogen and oxygen atoms in total.